The second-order valence-electron chi connectivity index (χ2n) is 6.98. The first-order valence-corrected chi connectivity index (χ1v) is 11.7. The van der Waals surface area contributed by atoms with Crippen LogP contribution in [0.1, 0.15) is 23.4 Å². The molecule has 1 atom stereocenters. The highest BCUT2D eigenvalue weighted by Crippen LogP contribution is 2.26. The molecule has 4 rings (SSSR count). The van der Waals surface area contributed by atoms with Crippen molar-refractivity contribution in [3.05, 3.63) is 88.4 Å². The van der Waals surface area contributed by atoms with Crippen LogP contribution in [0, 0.1) is 5.82 Å². The molecule has 31 heavy (non-hydrogen) atoms. The molecule has 2 heterocycles. The third-order valence-corrected chi connectivity index (χ3v) is 6.70. The molecule has 0 aliphatic rings. The zero-order valence-electron chi connectivity index (χ0n) is 16.9. The molecule has 0 saturated heterocycles. The van der Waals surface area contributed by atoms with Gasteiger partial charge in [-0.05, 0) is 48.2 Å². The first-order valence-electron chi connectivity index (χ1n) is 9.79. The third kappa shape index (κ3) is 5.39. The number of nitrogens with one attached hydrogen (secondary N) is 1. The Morgan fingerprint density at radius 2 is 1.87 bits per heavy atom. The van der Waals surface area contributed by atoms with Crippen molar-refractivity contribution in [3.63, 3.8) is 0 Å². The SMILES string of the molecule is CC(NC(=O)CSc1nnc(-c2ccc(F)cc2)n1Cc1ccccc1)c1cccs1. The van der Waals surface area contributed by atoms with Gasteiger partial charge >= 0.3 is 0 Å². The molecule has 1 N–H and O–H groups in total. The number of carbonyl (C=O) groups is 1. The number of benzene rings is 2. The second kappa shape index (κ2) is 9.89. The van der Waals surface area contributed by atoms with Gasteiger partial charge in [-0.25, -0.2) is 4.39 Å². The lowest BCUT2D eigenvalue weighted by Crippen LogP contribution is -2.27. The smallest absolute Gasteiger partial charge is 0.230 e. The van der Waals surface area contributed by atoms with Gasteiger partial charge in [0.15, 0.2) is 11.0 Å². The first-order chi connectivity index (χ1) is 15.1. The number of aromatic nitrogens is 3. The van der Waals surface area contributed by atoms with Crippen LogP contribution in [-0.4, -0.2) is 26.4 Å². The maximum atomic E-state index is 13.4. The molecule has 0 bridgehead atoms. The number of nitrogens with zero attached hydrogens (tertiary/aromatic N) is 3. The molecule has 0 aliphatic carbocycles. The molecule has 4 aromatic rings. The Kier molecular flexibility index (Phi) is 6.79. The van der Waals surface area contributed by atoms with E-state index in [4.69, 9.17) is 0 Å². The number of thioether (sulfide) groups is 1. The molecule has 1 amide bonds. The fraction of sp³-hybridized carbons (Fsp3) is 0.174. The highest BCUT2D eigenvalue weighted by atomic mass is 32.2. The van der Waals surface area contributed by atoms with E-state index in [0.29, 0.717) is 17.5 Å². The fourth-order valence-corrected chi connectivity index (χ4v) is 4.62. The normalized spacial score (nSPS) is 11.9. The minimum Gasteiger partial charge on any atom is -0.348 e. The van der Waals surface area contributed by atoms with Crippen molar-refractivity contribution in [1.29, 1.82) is 0 Å². The van der Waals surface area contributed by atoms with Crippen LogP contribution in [0.4, 0.5) is 4.39 Å². The van der Waals surface area contributed by atoms with Crippen LogP contribution >= 0.6 is 23.1 Å². The fourth-order valence-electron chi connectivity index (χ4n) is 3.14. The highest BCUT2D eigenvalue weighted by molar-refractivity contribution is 7.99. The summed E-state index contributed by atoms with van der Waals surface area (Å²) in [5.41, 5.74) is 1.86. The predicted octanol–water partition coefficient (Wildman–Crippen LogP) is 5.16. The van der Waals surface area contributed by atoms with Crippen molar-refractivity contribution >= 4 is 29.0 Å². The van der Waals surface area contributed by atoms with Crippen LogP contribution in [0.3, 0.4) is 0 Å². The lowest BCUT2D eigenvalue weighted by Gasteiger charge is -2.13. The van der Waals surface area contributed by atoms with E-state index in [0.717, 1.165) is 16.0 Å². The maximum Gasteiger partial charge on any atom is 0.230 e. The number of carbonyl (C=O) groups excluding carboxylic acids is 1. The van der Waals surface area contributed by atoms with Gasteiger partial charge in [0.25, 0.3) is 0 Å². The Morgan fingerprint density at radius 1 is 1.10 bits per heavy atom. The molecule has 0 aliphatic heterocycles. The first kappa shape index (κ1) is 21.3. The van der Waals surface area contributed by atoms with Gasteiger partial charge in [0, 0.05) is 10.4 Å². The van der Waals surface area contributed by atoms with E-state index in [-0.39, 0.29) is 23.5 Å². The lowest BCUT2D eigenvalue weighted by molar-refractivity contribution is -0.119. The van der Waals surface area contributed by atoms with Gasteiger partial charge in [0.1, 0.15) is 5.82 Å². The van der Waals surface area contributed by atoms with E-state index in [9.17, 15) is 9.18 Å². The summed E-state index contributed by atoms with van der Waals surface area (Å²) < 4.78 is 15.3. The molecule has 5 nitrogen and oxygen atoms in total. The van der Waals surface area contributed by atoms with Crippen LogP contribution in [-0.2, 0) is 11.3 Å². The molecule has 0 fully saturated rings. The predicted molar refractivity (Wildman–Crippen MR) is 123 cm³/mol. The number of thiophene rings is 1. The van der Waals surface area contributed by atoms with E-state index < -0.39 is 0 Å². The van der Waals surface area contributed by atoms with Crippen molar-refractivity contribution in [3.8, 4) is 11.4 Å². The lowest BCUT2D eigenvalue weighted by atomic mass is 10.2. The molecule has 2 aromatic carbocycles. The maximum absolute atomic E-state index is 13.4. The van der Waals surface area contributed by atoms with E-state index in [1.807, 2.05) is 59.3 Å². The average Bonchev–Trinajstić information content (AvgIpc) is 3.44. The molecular formula is C23H21FN4OS2. The van der Waals surface area contributed by atoms with Gasteiger partial charge in [-0.3, -0.25) is 9.36 Å². The Morgan fingerprint density at radius 3 is 2.58 bits per heavy atom. The van der Waals surface area contributed by atoms with Crippen LogP contribution in [0.5, 0.6) is 0 Å². The van der Waals surface area contributed by atoms with Crippen LogP contribution in [0.25, 0.3) is 11.4 Å². The highest BCUT2D eigenvalue weighted by Gasteiger charge is 2.17. The monoisotopic (exact) mass is 452 g/mol. The molecular weight excluding hydrogens is 431 g/mol. The summed E-state index contributed by atoms with van der Waals surface area (Å²) in [7, 11) is 0. The van der Waals surface area contributed by atoms with Crippen LogP contribution in [0.2, 0.25) is 0 Å². The minimum atomic E-state index is -0.302. The summed E-state index contributed by atoms with van der Waals surface area (Å²) in [5.74, 6) is 0.498. The molecule has 8 heteroatoms. The van der Waals surface area contributed by atoms with Gasteiger partial charge in [-0.1, -0.05) is 48.2 Å². The van der Waals surface area contributed by atoms with E-state index in [1.54, 1.807) is 23.5 Å². The topological polar surface area (TPSA) is 59.8 Å². The van der Waals surface area contributed by atoms with Gasteiger partial charge in [0.05, 0.1) is 18.3 Å². The van der Waals surface area contributed by atoms with Crippen molar-refractivity contribution < 1.29 is 9.18 Å². The van der Waals surface area contributed by atoms with Crippen LogP contribution < -0.4 is 5.32 Å². The summed E-state index contributed by atoms with van der Waals surface area (Å²) in [4.78, 5) is 13.6. The van der Waals surface area contributed by atoms with Crippen LogP contribution in [0.15, 0.2) is 77.3 Å². The quantitative estimate of drug-likeness (QED) is 0.375. The summed E-state index contributed by atoms with van der Waals surface area (Å²) in [6.07, 6.45) is 0. The van der Waals surface area contributed by atoms with Crippen molar-refractivity contribution in [1.82, 2.24) is 20.1 Å². The summed E-state index contributed by atoms with van der Waals surface area (Å²) in [6.45, 7) is 2.52. The van der Waals surface area contributed by atoms with Crippen molar-refractivity contribution in [2.75, 3.05) is 5.75 Å². The molecule has 158 valence electrons. The Balaban J connectivity index is 1.52. The summed E-state index contributed by atoms with van der Waals surface area (Å²) in [6, 6.07) is 20.1. The van der Waals surface area contributed by atoms with E-state index in [1.165, 1.54) is 23.9 Å². The molecule has 0 spiro atoms. The third-order valence-electron chi connectivity index (χ3n) is 4.68. The molecule has 0 saturated carbocycles. The number of hydrogen-bond acceptors (Lipinski definition) is 5. The molecule has 0 radical (unpaired) electrons. The van der Waals surface area contributed by atoms with Crippen molar-refractivity contribution in [2.24, 2.45) is 0 Å². The van der Waals surface area contributed by atoms with Gasteiger partial charge < -0.3 is 5.32 Å². The Hall–Kier alpha value is -2.97. The zero-order valence-corrected chi connectivity index (χ0v) is 18.5. The zero-order chi connectivity index (χ0) is 21.6. The average molecular weight is 453 g/mol. The Bertz CT molecular complexity index is 1130. The number of rotatable bonds is 8. The van der Waals surface area contributed by atoms with Crippen molar-refractivity contribution in [2.45, 2.75) is 24.7 Å². The number of amides is 1. The number of halogens is 1. The minimum absolute atomic E-state index is 0.0370. The van der Waals surface area contributed by atoms with Gasteiger partial charge in [0.2, 0.25) is 5.91 Å². The van der Waals surface area contributed by atoms with Gasteiger partial charge in [-0.2, -0.15) is 0 Å². The number of hydrogen-bond donors (Lipinski definition) is 1. The molecule has 1 unspecified atom stereocenters. The summed E-state index contributed by atoms with van der Waals surface area (Å²) in [5, 5.41) is 14.3. The largest absolute Gasteiger partial charge is 0.348 e. The standard InChI is InChI=1S/C23H21FN4OS2/c1-16(20-8-5-13-30-20)25-21(29)15-31-23-27-26-22(18-9-11-19(24)12-10-18)28(23)14-17-6-3-2-4-7-17/h2-13,16H,14-15H2,1H3,(H,25,29). The molecule has 2 aromatic heterocycles. The summed E-state index contributed by atoms with van der Waals surface area (Å²) >= 11 is 2.96. The Labute approximate surface area is 188 Å². The second-order valence-corrected chi connectivity index (χ2v) is 8.90. The van der Waals surface area contributed by atoms with E-state index >= 15 is 0 Å². The van der Waals surface area contributed by atoms with Gasteiger partial charge in [-0.15, -0.1) is 21.5 Å². The van der Waals surface area contributed by atoms with E-state index in [2.05, 4.69) is 15.5 Å².